The zero-order valence-corrected chi connectivity index (χ0v) is 20.3. The predicted molar refractivity (Wildman–Crippen MR) is 137 cm³/mol. The van der Waals surface area contributed by atoms with E-state index in [0.29, 0.717) is 0 Å². The Kier molecular flexibility index (Phi) is 5.89. The maximum Gasteiger partial charge on any atom is 0.122 e. The molecule has 0 aliphatic heterocycles. The standard InChI is InChI=1S/C28H30Si2/c1-28(2,3)30(26-20-12-6-13-21-26,27-22-14-7-15-23-27)29(24-16-8-4-9-17-24)25-18-10-5-11-19-25/h4-23,29H,1-3H3. The maximum atomic E-state index is 2.48. The van der Waals surface area contributed by atoms with Gasteiger partial charge in [0.15, 0.2) is 0 Å². The number of rotatable bonds is 5. The Balaban J connectivity index is 2.15. The lowest BCUT2D eigenvalue weighted by Crippen LogP contribution is -2.80. The third kappa shape index (κ3) is 3.62. The van der Waals surface area contributed by atoms with Crippen molar-refractivity contribution in [3.63, 3.8) is 0 Å². The highest BCUT2D eigenvalue weighted by atomic mass is 29.2. The van der Waals surface area contributed by atoms with Crippen molar-refractivity contribution in [3.8, 4) is 0 Å². The molecule has 4 aromatic rings. The molecule has 150 valence electrons. The van der Waals surface area contributed by atoms with E-state index in [1.54, 1.807) is 10.4 Å². The van der Waals surface area contributed by atoms with E-state index in [1.807, 2.05) is 0 Å². The van der Waals surface area contributed by atoms with Gasteiger partial charge in [-0.15, -0.1) is 0 Å². The highest BCUT2D eigenvalue weighted by molar-refractivity contribution is 7.52. The van der Waals surface area contributed by atoms with E-state index >= 15 is 0 Å². The van der Waals surface area contributed by atoms with Crippen LogP contribution in [-0.4, -0.2) is 15.9 Å². The first kappa shape index (κ1) is 20.6. The van der Waals surface area contributed by atoms with Crippen LogP contribution in [0.3, 0.4) is 0 Å². The van der Waals surface area contributed by atoms with E-state index < -0.39 is 15.9 Å². The molecule has 0 aliphatic carbocycles. The molecule has 2 heteroatoms. The van der Waals surface area contributed by atoms with Gasteiger partial charge in [0.05, 0.1) is 0 Å². The van der Waals surface area contributed by atoms with E-state index in [1.165, 1.54) is 10.4 Å². The molecule has 0 amide bonds. The monoisotopic (exact) mass is 422 g/mol. The molecular weight excluding hydrogens is 392 g/mol. The molecule has 0 bridgehead atoms. The fraction of sp³-hybridized carbons (Fsp3) is 0.143. The van der Waals surface area contributed by atoms with Crippen LogP contribution in [0.2, 0.25) is 5.04 Å². The van der Waals surface area contributed by atoms with Gasteiger partial charge in [-0.05, 0) is 5.04 Å². The van der Waals surface area contributed by atoms with Gasteiger partial charge in [-0.2, -0.15) is 0 Å². The van der Waals surface area contributed by atoms with Gasteiger partial charge in [0, 0.05) is 0 Å². The summed E-state index contributed by atoms with van der Waals surface area (Å²) in [5.74, 6) is 0. The Morgan fingerprint density at radius 1 is 0.467 bits per heavy atom. The minimum atomic E-state index is -2.22. The van der Waals surface area contributed by atoms with E-state index in [9.17, 15) is 0 Å². The fourth-order valence-corrected chi connectivity index (χ4v) is 22.7. The lowest BCUT2D eigenvalue weighted by atomic mass is 10.2. The maximum absolute atomic E-state index is 2.48. The highest BCUT2D eigenvalue weighted by Gasteiger charge is 2.54. The van der Waals surface area contributed by atoms with Crippen LogP contribution in [0.15, 0.2) is 121 Å². The van der Waals surface area contributed by atoms with Gasteiger partial charge in [0.25, 0.3) is 0 Å². The molecule has 0 atom stereocenters. The zero-order chi connectivity index (χ0) is 21.0. The Bertz CT molecular complexity index is 974. The second-order valence-electron chi connectivity index (χ2n) is 9.04. The van der Waals surface area contributed by atoms with Crippen molar-refractivity contribution < 1.29 is 0 Å². The minimum absolute atomic E-state index is 0.151. The Morgan fingerprint density at radius 2 is 0.767 bits per heavy atom. The van der Waals surface area contributed by atoms with E-state index in [2.05, 4.69) is 142 Å². The summed E-state index contributed by atoms with van der Waals surface area (Å²) in [6, 6.07) is 45.5. The molecule has 0 N–H and O–H groups in total. The van der Waals surface area contributed by atoms with Crippen LogP contribution in [0.25, 0.3) is 0 Å². The lowest BCUT2D eigenvalue weighted by Gasteiger charge is -2.49. The molecule has 0 aliphatic rings. The number of benzene rings is 4. The van der Waals surface area contributed by atoms with Crippen LogP contribution in [0, 0.1) is 0 Å². The third-order valence-corrected chi connectivity index (χ3v) is 23.4. The second kappa shape index (κ2) is 8.59. The first-order valence-electron chi connectivity index (χ1n) is 10.8. The van der Waals surface area contributed by atoms with Crippen LogP contribution >= 0.6 is 0 Å². The van der Waals surface area contributed by atoms with Crippen molar-refractivity contribution in [2.75, 3.05) is 0 Å². The molecule has 0 fully saturated rings. The van der Waals surface area contributed by atoms with Crippen LogP contribution in [0.1, 0.15) is 20.8 Å². The van der Waals surface area contributed by atoms with Crippen molar-refractivity contribution in [3.05, 3.63) is 121 Å². The Morgan fingerprint density at radius 3 is 1.07 bits per heavy atom. The summed E-state index contributed by atoms with van der Waals surface area (Å²) in [5.41, 5.74) is 0. The van der Waals surface area contributed by atoms with Gasteiger partial charge in [-0.25, -0.2) is 0 Å². The molecule has 4 rings (SSSR count). The first-order chi connectivity index (χ1) is 14.5. The Labute approximate surface area is 183 Å². The van der Waals surface area contributed by atoms with Crippen LogP contribution in [0.4, 0.5) is 0 Å². The van der Waals surface area contributed by atoms with Gasteiger partial charge in [-0.1, -0.05) is 163 Å². The largest absolute Gasteiger partial charge is 0.122 e. The number of hydrogen-bond acceptors (Lipinski definition) is 0. The van der Waals surface area contributed by atoms with Crippen molar-refractivity contribution >= 4 is 36.7 Å². The quantitative estimate of drug-likeness (QED) is 0.424. The summed E-state index contributed by atoms with van der Waals surface area (Å²) >= 11 is 0. The van der Waals surface area contributed by atoms with E-state index in [-0.39, 0.29) is 5.04 Å². The summed E-state index contributed by atoms with van der Waals surface area (Å²) < 4.78 is 0. The average Bonchev–Trinajstić information content (AvgIpc) is 2.79. The van der Waals surface area contributed by atoms with Gasteiger partial charge < -0.3 is 0 Å². The van der Waals surface area contributed by atoms with Gasteiger partial charge >= 0.3 is 0 Å². The van der Waals surface area contributed by atoms with Gasteiger partial charge in [-0.3, -0.25) is 0 Å². The first-order valence-corrected chi connectivity index (χ1v) is 15.7. The number of hydrogen-bond donors (Lipinski definition) is 0. The van der Waals surface area contributed by atoms with Crippen molar-refractivity contribution in [1.82, 2.24) is 0 Å². The summed E-state index contributed by atoms with van der Waals surface area (Å²) in [6.07, 6.45) is 0. The zero-order valence-electron chi connectivity index (χ0n) is 18.1. The summed E-state index contributed by atoms with van der Waals surface area (Å²) in [5, 5.41) is 6.33. The summed E-state index contributed by atoms with van der Waals surface area (Å²) in [6.45, 7) is 7.43. The SMILES string of the molecule is CC(C)(C)[Si](c1ccccc1)(c1ccccc1)[SiH](c1ccccc1)c1ccccc1. The summed E-state index contributed by atoms with van der Waals surface area (Å²) in [4.78, 5) is 0. The van der Waals surface area contributed by atoms with E-state index in [4.69, 9.17) is 0 Å². The molecular formula is C28H30Si2. The average molecular weight is 423 g/mol. The van der Waals surface area contributed by atoms with Gasteiger partial charge in [0.2, 0.25) is 0 Å². The third-order valence-electron chi connectivity index (χ3n) is 6.34. The molecule has 0 unspecified atom stereocenters. The molecule has 30 heavy (non-hydrogen) atoms. The molecule has 4 aromatic carbocycles. The van der Waals surface area contributed by atoms with E-state index in [0.717, 1.165) is 0 Å². The molecule has 0 aromatic heterocycles. The van der Waals surface area contributed by atoms with Crippen molar-refractivity contribution in [2.45, 2.75) is 25.8 Å². The smallest absolute Gasteiger partial charge is 0.0632 e. The van der Waals surface area contributed by atoms with Crippen molar-refractivity contribution in [1.29, 1.82) is 0 Å². The van der Waals surface area contributed by atoms with Gasteiger partial charge in [0.1, 0.15) is 15.9 Å². The van der Waals surface area contributed by atoms with Crippen LogP contribution in [0.5, 0.6) is 0 Å². The molecule has 0 heterocycles. The molecule has 0 saturated heterocycles. The summed E-state index contributed by atoms with van der Waals surface area (Å²) in [7, 11) is -3.86. The predicted octanol–water partition coefficient (Wildman–Crippen LogP) is 4.17. The minimum Gasteiger partial charge on any atom is -0.0632 e. The fourth-order valence-electron chi connectivity index (χ4n) is 5.18. The highest BCUT2D eigenvalue weighted by Crippen LogP contribution is 2.37. The van der Waals surface area contributed by atoms with Crippen LogP contribution < -0.4 is 20.7 Å². The topological polar surface area (TPSA) is 0 Å². The molecule has 0 spiro atoms. The second-order valence-corrected chi connectivity index (χ2v) is 19.8. The van der Waals surface area contributed by atoms with Crippen molar-refractivity contribution in [2.24, 2.45) is 0 Å². The normalized spacial score (nSPS) is 12.1. The lowest BCUT2D eigenvalue weighted by molar-refractivity contribution is 0.743. The molecule has 0 radical (unpaired) electrons. The van der Waals surface area contributed by atoms with Crippen LogP contribution in [-0.2, 0) is 0 Å². The molecule has 0 nitrogen and oxygen atoms in total. The Hall–Kier alpha value is -2.69. The molecule has 0 saturated carbocycles.